The molecule has 0 aliphatic heterocycles. The molecule has 29 heavy (non-hydrogen) atoms. The Morgan fingerprint density at radius 2 is 1.86 bits per heavy atom. The highest BCUT2D eigenvalue weighted by atomic mass is 19.1. The number of ether oxygens (including phenoxy) is 2. The van der Waals surface area contributed by atoms with Crippen LogP contribution in [0.4, 0.5) is 4.39 Å². The van der Waals surface area contributed by atoms with Gasteiger partial charge in [-0.2, -0.15) is 0 Å². The predicted octanol–water partition coefficient (Wildman–Crippen LogP) is 3.91. The first-order chi connectivity index (χ1) is 14.0. The Kier molecular flexibility index (Phi) is 6.29. The number of carbonyl (C=O) groups is 2. The lowest BCUT2D eigenvalue weighted by atomic mass is 10.1. The van der Waals surface area contributed by atoms with Crippen molar-refractivity contribution in [2.75, 3.05) is 20.8 Å². The van der Waals surface area contributed by atoms with Gasteiger partial charge in [-0.3, -0.25) is 4.79 Å². The maximum absolute atomic E-state index is 13.8. The zero-order valence-corrected chi connectivity index (χ0v) is 16.1. The number of hydrogen-bond donors (Lipinski definition) is 0. The molecule has 0 saturated heterocycles. The van der Waals surface area contributed by atoms with Crippen molar-refractivity contribution in [2.45, 2.75) is 6.54 Å². The lowest BCUT2D eigenvalue weighted by molar-refractivity contribution is -0.133. The van der Waals surface area contributed by atoms with Crippen molar-refractivity contribution in [3.63, 3.8) is 0 Å². The van der Waals surface area contributed by atoms with Crippen LogP contribution in [0.2, 0.25) is 0 Å². The number of esters is 1. The first-order valence-electron chi connectivity index (χ1n) is 8.86. The Morgan fingerprint density at radius 1 is 1.10 bits per heavy atom. The van der Waals surface area contributed by atoms with Gasteiger partial charge >= 0.3 is 5.97 Å². The summed E-state index contributed by atoms with van der Waals surface area (Å²) in [7, 11) is 2.92. The number of nitrogens with zero attached hydrogens (tertiary/aromatic N) is 1. The minimum absolute atomic E-state index is 0.0314. The SMILES string of the molecule is COc1ccc(CN(C)C(=O)COC(=O)c2occc2-c2ccccc2)cc1F. The minimum atomic E-state index is -0.730. The van der Waals surface area contributed by atoms with E-state index in [0.29, 0.717) is 11.1 Å². The van der Waals surface area contributed by atoms with Gasteiger partial charge in [-0.15, -0.1) is 0 Å². The highest BCUT2D eigenvalue weighted by Gasteiger charge is 2.20. The molecular formula is C22H20FNO5. The molecule has 1 heterocycles. The quantitative estimate of drug-likeness (QED) is 0.566. The molecule has 0 radical (unpaired) electrons. The van der Waals surface area contributed by atoms with E-state index in [1.54, 1.807) is 19.2 Å². The van der Waals surface area contributed by atoms with Gasteiger partial charge in [0.25, 0.3) is 5.91 Å². The van der Waals surface area contributed by atoms with Crippen LogP contribution in [0.3, 0.4) is 0 Å². The van der Waals surface area contributed by atoms with Gasteiger partial charge in [-0.1, -0.05) is 36.4 Å². The molecule has 150 valence electrons. The third-order valence-electron chi connectivity index (χ3n) is 4.32. The van der Waals surface area contributed by atoms with Crippen LogP contribution in [-0.4, -0.2) is 37.5 Å². The Bertz CT molecular complexity index is 999. The van der Waals surface area contributed by atoms with E-state index >= 15 is 0 Å². The number of methoxy groups -OCH3 is 1. The van der Waals surface area contributed by atoms with Gasteiger partial charge in [0.1, 0.15) is 0 Å². The maximum Gasteiger partial charge on any atom is 0.375 e. The second-order valence-corrected chi connectivity index (χ2v) is 6.32. The number of benzene rings is 2. The predicted molar refractivity (Wildman–Crippen MR) is 104 cm³/mol. The lowest BCUT2D eigenvalue weighted by Crippen LogP contribution is -2.30. The van der Waals surface area contributed by atoms with Gasteiger partial charge in [0, 0.05) is 19.2 Å². The molecule has 3 rings (SSSR count). The summed E-state index contributed by atoms with van der Waals surface area (Å²) >= 11 is 0. The number of carbonyl (C=O) groups excluding carboxylic acids is 2. The van der Waals surface area contributed by atoms with Crippen molar-refractivity contribution in [3.05, 3.63) is 78.0 Å². The molecule has 7 heteroatoms. The zero-order valence-electron chi connectivity index (χ0n) is 16.1. The van der Waals surface area contributed by atoms with Crippen molar-refractivity contribution < 1.29 is 27.9 Å². The zero-order chi connectivity index (χ0) is 20.8. The molecule has 1 amide bonds. The fourth-order valence-electron chi connectivity index (χ4n) is 2.79. The third kappa shape index (κ3) is 4.82. The average Bonchev–Trinajstić information content (AvgIpc) is 3.22. The minimum Gasteiger partial charge on any atom is -0.494 e. The van der Waals surface area contributed by atoms with Crippen molar-refractivity contribution in [3.8, 4) is 16.9 Å². The molecule has 3 aromatic rings. The van der Waals surface area contributed by atoms with Gasteiger partial charge in [-0.05, 0) is 29.3 Å². The summed E-state index contributed by atoms with van der Waals surface area (Å²) in [4.78, 5) is 26.0. The van der Waals surface area contributed by atoms with Crippen LogP contribution in [0.15, 0.2) is 65.3 Å². The summed E-state index contributed by atoms with van der Waals surface area (Å²) in [6, 6.07) is 15.4. The number of furan rings is 1. The van der Waals surface area contributed by atoms with Crippen molar-refractivity contribution in [1.29, 1.82) is 0 Å². The molecule has 2 aromatic carbocycles. The summed E-state index contributed by atoms with van der Waals surface area (Å²) in [5.41, 5.74) is 1.98. The van der Waals surface area contributed by atoms with E-state index in [2.05, 4.69) is 0 Å². The monoisotopic (exact) mass is 397 g/mol. The molecule has 0 spiro atoms. The normalized spacial score (nSPS) is 10.4. The van der Waals surface area contributed by atoms with Gasteiger partial charge in [0.2, 0.25) is 5.76 Å². The molecule has 0 aliphatic carbocycles. The van der Waals surface area contributed by atoms with Crippen LogP contribution < -0.4 is 4.74 Å². The largest absolute Gasteiger partial charge is 0.494 e. The molecule has 0 bridgehead atoms. The van der Waals surface area contributed by atoms with Crippen LogP contribution in [0.25, 0.3) is 11.1 Å². The summed E-state index contributed by atoms with van der Waals surface area (Å²) in [5.74, 6) is -1.51. The molecule has 1 aromatic heterocycles. The highest BCUT2D eigenvalue weighted by Crippen LogP contribution is 2.25. The van der Waals surface area contributed by atoms with E-state index < -0.39 is 24.3 Å². The van der Waals surface area contributed by atoms with Crippen molar-refractivity contribution >= 4 is 11.9 Å². The topological polar surface area (TPSA) is 69.0 Å². The lowest BCUT2D eigenvalue weighted by Gasteiger charge is -2.17. The van der Waals surface area contributed by atoms with E-state index in [1.807, 2.05) is 30.3 Å². The summed E-state index contributed by atoms with van der Waals surface area (Å²) in [6.07, 6.45) is 1.39. The fraction of sp³-hybridized carbons (Fsp3) is 0.182. The summed E-state index contributed by atoms with van der Waals surface area (Å²) in [6.45, 7) is -0.295. The number of amides is 1. The van der Waals surface area contributed by atoms with Gasteiger partial charge in [0.05, 0.1) is 13.4 Å². The molecular weight excluding hydrogens is 377 g/mol. The first kappa shape index (κ1) is 20.1. The molecule has 0 unspecified atom stereocenters. The second-order valence-electron chi connectivity index (χ2n) is 6.32. The van der Waals surface area contributed by atoms with E-state index in [1.165, 1.54) is 30.4 Å². The van der Waals surface area contributed by atoms with Gasteiger partial charge < -0.3 is 18.8 Å². The molecule has 0 aliphatic rings. The molecule has 6 nitrogen and oxygen atoms in total. The maximum atomic E-state index is 13.8. The summed E-state index contributed by atoms with van der Waals surface area (Å²) < 4.78 is 29.0. The highest BCUT2D eigenvalue weighted by molar-refractivity contribution is 5.95. The molecule has 0 saturated carbocycles. The van der Waals surface area contributed by atoms with Crippen LogP contribution in [0, 0.1) is 5.82 Å². The first-order valence-corrected chi connectivity index (χ1v) is 8.86. The number of likely N-dealkylation sites (N-methyl/N-ethyl adjacent to an activating group) is 1. The molecule has 0 fully saturated rings. The summed E-state index contributed by atoms with van der Waals surface area (Å²) in [5, 5.41) is 0. The average molecular weight is 397 g/mol. The van der Waals surface area contributed by atoms with Gasteiger partial charge in [0.15, 0.2) is 18.2 Å². The third-order valence-corrected chi connectivity index (χ3v) is 4.32. The number of halogens is 1. The fourth-order valence-corrected chi connectivity index (χ4v) is 2.79. The van der Waals surface area contributed by atoms with Gasteiger partial charge in [-0.25, -0.2) is 9.18 Å². The smallest absolute Gasteiger partial charge is 0.375 e. The van der Waals surface area contributed by atoms with Crippen LogP contribution in [-0.2, 0) is 16.1 Å². The van der Waals surface area contributed by atoms with Crippen LogP contribution >= 0.6 is 0 Å². The van der Waals surface area contributed by atoms with Crippen molar-refractivity contribution in [1.82, 2.24) is 4.90 Å². The van der Waals surface area contributed by atoms with E-state index in [-0.39, 0.29) is 18.1 Å². The van der Waals surface area contributed by atoms with Crippen LogP contribution in [0.1, 0.15) is 16.1 Å². The standard InChI is InChI=1S/C22H20FNO5/c1-24(13-15-8-9-19(27-2)18(23)12-15)20(25)14-29-22(26)21-17(10-11-28-21)16-6-4-3-5-7-16/h3-12H,13-14H2,1-2H3. The van der Waals surface area contributed by atoms with E-state index in [0.717, 1.165) is 5.56 Å². The van der Waals surface area contributed by atoms with Crippen molar-refractivity contribution in [2.24, 2.45) is 0 Å². The van der Waals surface area contributed by atoms with E-state index in [4.69, 9.17) is 13.9 Å². The van der Waals surface area contributed by atoms with Crippen LogP contribution in [0.5, 0.6) is 5.75 Å². The molecule has 0 atom stereocenters. The Balaban J connectivity index is 1.59. The number of hydrogen-bond acceptors (Lipinski definition) is 5. The second kappa shape index (κ2) is 9.05. The Hall–Kier alpha value is -3.61. The number of rotatable bonds is 7. The Morgan fingerprint density at radius 3 is 2.55 bits per heavy atom. The van der Waals surface area contributed by atoms with E-state index in [9.17, 15) is 14.0 Å². The molecule has 0 N–H and O–H groups in total. The Labute approximate surface area is 167 Å².